The van der Waals surface area contributed by atoms with Crippen molar-refractivity contribution < 1.29 is 27.1 Å². The fourth-order valence-corrected chi connectivity index (χ4v) is 10.7. The molecule has 0 saturated heterocycles. The molecule has 1 aromatic heterocycles. The Kier molecular flexibility index (Phi) is 12.6. The lowest BCUT2D eigenvalue weighted by atomic mass is 9.69. The zero-order chi connectivity index (χ0) is 38.7. The predicted octanol–water partition coefficient (Wildman–Crippen LogP) is 9.11. The Balaban J connectivity index is 1.25. The summed E-state index contributed by atoms with van der Waals surface area (Å²) < 4.78 is 45.2. The van der Waals surface area contributed by atoms with Gasteiger partial charge in [-0.15, -0.1) is 0 Å². The molecule has 2 fully saturated rings. The maximum absolute atomic E-state index is 13.1. The minimum Gasteiger partial charge on any atom is -0.487 e. The van der Waals surface area contributed by atoms with Gasteiger partial charge in [0, 0.05) is 30.5 Å². The van der Waals surface area contributed by atoms with Crippen LogP contribution in [0.25, 0.3) is 0 Å². The first-order valence-corrected chi connectivity index (χ1v) is 24.3. The highest BCUT2D eigenvalue weighted by Crippen LogP contribution is 2.46. The highest BCUT2D eigenvalue weighted by molar-refractivity contribution is 7.91. The Morgan fingerprint density at radius 3 is 2.46 bits per heavy atom. The van der Waals surface area contributed by atoms with E-state index in [1.165, 1.54) is 25.1 Å². The number of carbonyl (C=O) groups is 1. The van der Waals surface area contributed by atoms with Crippen molar-refractivity contribution in [1.82, 2.24) is 9.97 Å². The average molecular weight is 795 g/mol. The Bertz CT molecular complexity index is 1920. The molecule has 1 unspecified atom stereocenters. The summed E-state index contributed by atoms with van der Waals surface area (Å²) in [7, 11) is -4.33. The van der Waals surface area contributed by atoms with Crippen LogP contribution in [0, 0.1) is 23.7 Å². The first-order chi connectivity index (χ1) is 25.6. The van der Waals surface area contributed by atoms with E-state index in [1.807, 2.05) is 24.3 Å². The molecule has 3 aliphatic rings. The molecular formula is C42H56ClN3O6SSi. The van der Waals surface area contributed by atoms with Crippen LogP contribution in [-0.4, -0.2) is 64.7 Å². The largest absolute Gasteiger partial charge is 0.487 e. The van der Waals surface area contributed by atoms with Gasteiger partial charge in [-0.3, -0.25) is 0 Å². The molecule has 0 amide bonds. The van der Waals surface area contributed by atoms with E-state index in [9.17, 15) is 13.2 Å². The zero-order valence-electron chi connectivity index (χ0n) is 32.6. The summed E-state index contributed by atoms with van der Waals surface area (Å²) in [6.45, 7) is 13.4. The monoisotopic (exact) mass is 793 g/mol. The van der Waals surface area contributed by atoms with Crippen LogP contribution in [0.3, 0.4) is 0 Å². The normalized spacial score (nSPS) is 22.8. The van der Waals surface area contributed by atoms with Crippen molar-refractivity contribution in [2.24, 2.45) is 23.7 Å². The van der Waals surface area contributed by atoms with Crippen LogP contribution >= 0.6 is 11.6 Å². The van der Waals surface area contributed by atoms with Gasteiger partial charge >= 0.3 is 5.97 Å². The number of hydrogen-bond donors (Lipinski definition) is 0. The summed E-state index contributed by atoms with van der Waals surface area (Å²) in [4.78, 5) is 23.2. The number of esters is 1. The lowest BCUT2D eigenvalue weighted by molar-refractivity contribution is 0.0524. The number of aromatic nitrogens is 2. The van der Waals surface area contributed by atoms with Gasteiger partial charge in [0.1, 0.15) is 12.4 Å². The van der Waals surface area contributed by atoms with Crippen molar-refractivity contribution in [1.29, 1.82) is 0 Å². The number of anilines is 1. The number of fused-ring (bicyclic) bond motifs is 2. The SMILES string of the molecule is COC(=O)c1ccc2c(c1)N(C[C@@H]1CC[C@H]1C(/C=C\[C@@H]1CC[C@H]1CS(=O)(=O)c1ncccn1)O[Si](C)(C)C(C)(C)C)CCCCc1cc(Cl)ccc1CO2. The topological polar surface area (TPSA) is 108 Å². The highest BCUT2D eigenvalue weighted by Gasteiger charge is 2.45. The number of methoxy groups -OCH3 is 1. The molecule has 0 N–H and O–H groups in total. The molecule has 12 heteroatoms. The zero-order valence-corrected chi connectivity index (χ0v) is 35.2. The molecule has 54 heavy (non-hydrogen) atoms. The van der Waals surface area contributed by atoms with Crippen molar-refractivity contribution in [2.45, 2.75) is 102 Å². The van der Waals surface area contributed by atoms with Gasteiger partial charge in [0.2, 0.25) is 15.0 Å². The summed E-state index contributed by atoms with van der Waals surface area (Å²) in [5.41, 5.74) is 3.72. The first-order valence-electron chi connectivity index (χ1n) is 19.4. The standard InChI is InChI=1S/C42H56ClN3O6SSi/c1-42(2,3)54(5,6)52-38(19-15-29-11-12-34(29)28-53(48,49)41-44-21-9-22-45-41)36-18-14-32(36)26-46-23-8-7-10-30-24-35(43)17-13-33(30)27-51-39-20-16-31(25-37(39)46)40(47)50-4/h9,13,15-17,19-22,24-25,29,32,34,36,38H,7-8,10-12,14,18,23,26-28H2,1-6H3/b19-15-/t29-,32-,34-,36+,38?/m0/s1. The molecule has 2 aliphatic carbocycles. The first kappa shape index (κ1) is 40.4. The van der Waals surface area contributed by atoms with Crippen LogP contribution in [0.5, 0.6) is 5.75 Å². The van der Waals surface area contributed by atoms with E-state index >= 15 is 0 Å². The third kappa shape index (κ3) is 9.40. The molecule has 0 radical (unpaired) electrons. The van der Waals surface area contributed by atoms with Crippen molar-refractivity contribution in [3.8, 4) is 5.75 Å². The predicted molar refractivity (Wildman–Crippen MR) is 216 cm³/mol. The number of allylic oxidation sites excluding steroid dienone is 1. The number of carbonyl (C=O) groups excluding carboxylic acids is 1. The molecule has 0 bridgehead atoms. The number of aryl methyl sites for hydroxylation is 1. The molecule has 2 heterocycles. The fourth-order valence-electron chi connectivity index (χ4n) is 7.62. The van der Waals surface area contributed by atoms with E-state index in [-0.39, 0.29) is 39.9 Å². The van der Waals surface area contributed by atoms with Gasteiger partial charge in [-0.25, -0.2) is 23.2 Å². The van der Waals surface area contributed by atoms with Gasteiger partial charge < -0.3 is 18.8 Å². The number of benzene rings is 2. The molecule has 5 atom stereocenters. The molecule has 9 nitrogen and oxygen atoms in total. The van der Waals surface area contributed by atoms with Crippen LogP contribution in [0.2, 0.25) is 23.2 Å². The number of halogens is 1. The molecular weight excluding hydrogens is 738 g/mol. The number of sulfone groups is 1. The molecule has 2 aromatic carbocycles. The van der Waals surface area contributed by atoms with Crippen LogP contribution in [0.4, 0.5) is 5.69 Å². The van der Waals surface area contributed by atoms with Crippen molar-refractivity contribution in [2.75, 3.05) is 30.9 Å². The van der Waals surface area contributed by atoms with E-state index < -0.39 is 18.2 Å². The summed E-state index contributed by atoms with van der Waals surface area (Å²) >= 11 is 6.40. The lowest BCUT2D eigenvalue weighted by Gasteiger charge is -2.48. The minimum absolute atomic E-state index is 0.0292. The summed E-state index contributed by atoms with van der Waals surface area (Å²) in [6, 6.07) is 13.2. The van der Waals surface area contributed by atoms with E-state index in [0.29, 0.717) is 24.0 Å². The Morgan fingerprint density at radius 1 is 1.04 bits per heavy atom. The number of nitrogens with zero attached hydrogens (tertiary/aromatic N) is 3. The Labute approximate surface area is 327 Å². The van der Waals surface area contributed by atoms with Gasteiger partial charge in [0.25, 0.3) is 0 Å². The van der Waals surface area contributed by atoms with Gasteiger partial charge in [-0.05, 0) is 134 Å². The fraction of sp³-hybridized carbons (Fsp3) is 0.548. The van der Waals surface area contributed by atoms with E-state index in [0.717, 1.165) is 80.1 Å². The van der Waals surface area contributed by atoms with Crippen LogP contribution < -0.4 is 9.64 Å². The minimum atomic E-state index is -3.57. The van der Waals surface area contributed by atoms with Gasteiger partial charge in [-0.1, -0.05) is 50.6 Å². The van der Waals surface area contributed by atoms with Crippen LogP contribution in [-0.2, 0) is 32.0 Å². The van der Waals surface area contributed by atoms with Crippen LogP contribution in [0.1, 0.15) is 80.8 Å². The van der Waals surface area contributed by atoms with Gasteiger partial charge in [0.15, 0.2) is 8.32 Å². The quantitative estimate of drug-likeness (QED) is 0.0813. The molecule has 0 spiro atoms. The van der Waals surface area contributed by atoms with E-state index in [4.69, 9.17) is 25.5 Å². The van der Waals surface area contributed by atoms with Crippen molar-refractivity contribution in [3.05, 3.63) is 88.7 Å². The third-order valence-electron chi connectivity index (χ3n) is 12.3. The van der Waals surface area contributed by atoms with E-state index in [2.05, 4.69) is 67.0 Å². The number of rotatable bonds is 11. The maximum atomic E-state index is 13.1. The van der Waals surface area contributed by atoms with E-state index in [1.54, 1.807) is 12.1 Å². The lowest BCUT2D eigenvalue weighted by Crippen LogP contribution is -2.50. The smallest absolute Gasteiger partial charge is 0.337 e. The van der Waals surface area contributed by atoms with Crippen molar-refractivity contribution >= 4 is 41.4 Å². The second-order valence-electron chi connectivity index (χ2n) is 16.8. The van der Waals surface area contributed by atoms with Crippen LogP contribution in [0.15, 0.2) is 72.2 Å². The Hall–Kier alpha value is -3.25. The molecule has 6 rings (SSSR count). The molecule has 3 aromatic rings. The molecule has 292 valence electrons. The summed E-state index contributed by atoms with van der Waals surface area (Å²) in [5.74, 6) is 1.26. The molecule has 1 aliphatic heterocycles. The van der Waals surface area contributed by atoms with Gasteiger partial charge in [0.05, 0.1) is 30.2 Å². The number of hydrogen-bond acceptors (Lipinski definition) is 9. The Morgan fingerprint density at radius 2 is 1.80 bits per heavy atom. The summed E-state index contributed by atoms with van der Waals surface area (Å²) in [5, 5.41) is 0.663. The van der Waals surface area contributed by atoms with Crippen molar-refractivity contribution in [3.63, 3.8) is 0 Å². The number of ether oxygens (including phenoxy) is 2. The second-order valence-corrected chi connectivity index (χ2v) is 23.9. The van der Waals surface area contributed by atoms with Gasteiger partial charge in [-0.2, -0.15) is 0 Å². The third-order valence-corrected chi connectivity index (χ3v) is 18.6. The molecule has 2 saturated carbocycles. The summed E-state index contributed by atoms with van der Waals surface area (Å²) in [6.07, 6.45) is 14.2. The highest BCUT2D eigenvalue weighted by atomic mass is 35.5. The second kappa shape index (κ2) is 16.9. The average Bonchev–Trinajstić information content (AvgIpc) is 3.14. The maximum Gasteiger partial charge on any atom is 0.337 e.